The smallest absolute Gasteiger partial charge is 0.408 e. The molecule has 7 nitrogen and oxygen atoms in total. The fourth-order valence-electron chi connectivity index (χ4n) is 2.90. The van der Waals surface area contributed by atoms with Crippen molar-refractivity contribution in [2.75, 3.05) is 13.1 Å². The maximum absolute atomic E-state index is 12.6. The summed E-state index contributed by atoms with van der Waals surface area (Å²) >= 11 is 0. The van der Waals surface area contributed by atoms with Crippen molar-refractivity contribution in [2.45, 2.75) is 51.5 Å². The van der Waals surface area contributed by atoms with Crippen LogP contribution in [0.4, 0.5) is 4.79 Å². The summed E-state index contributed by atoms with van der Waals surface area (Å²) in [5.41, 5.74) is 0.880. The van der Waals surface area contributed by atoms with Crippen molar-refractivity contribution in [3.05, 3.63) is 35.9 Å². The molecule has 4 N–H and O–H groups in total. The number of piperidine rings is 1. The molecule has 0 spiro atoms. The minimum atomic E-state index is -0.694. The molecule has 1 aliphatic heterocycles. The van der Waals surface area contributed by atoms with Crippen LogP contribution >= 0.6 is 0 Å². The van der Waals surface area contributed by atoms with Gasteiger partial charge in [0.1, 0.15) is 12.6 Å². The molecule has 7 heteroatoms. The number of ether oxygens (including phenoxy) is 1. The number of alkyl carbamates (subject to hydrolysis) is 1. The fourth-order valence-corrected chi connectivity index (χ4v) is 2.90. The predicted molar refractivity (Wildman–Crippen MR) is 98.4 cm³/mol. The Morgan fingerprint density at radius 2 is 2.04 bits per heavy atom. The minimum absolute atomic E-state index is 0.149. The van der Waals surface area contributed by atoms with E-state index in [4.69, 9.17) is 4.74 Å². The van der Waals surface area contributed by atoms with E-state index in [9.17, 15) is 14.7 Å². The normalized spacial score (nSPS) is 21.1. The molecule has 0 aliphatic carbocycles. The van der Waals surface area contributed by atoms with Crippen molar-refractivity contribution in [1.29, 1.82) is 0 Å². The lowest BCUT2D eigenvalue weighted by Gasteiger charge is -2.31. The molecule has 2 rings (SSSR count). The second-order valence-electron chi connectivity index (χ2n) is 7.06. The van der Waals surface area contributed by atoms with Crippen LogP contribution < -0.4 is 16.0 Å². The van der Waals surface area contributed by atoms with Crippen LogP contribution in [0.5, 0.6) is 0 Å². The average Bonchev–Trinajstić information content (AvgIpc) is 2.62. The standard InChI is InChI=1S/C19H29N3O4/c1-13(2)10-16(18(24)21-15-8-9-20-11-17(15)23)22-19(25)26-12-14-6-4-3-5-7-14/h3-7,13,15-17,20,23H,8-12H2,1-2H3,(H,21,24)(H,22,25)/t15?,16-,17?/m0/s1. The lowest BCUT2D eigenvalue weighted by atomic mass is 10.00. The van der Waals surface area contributed by atoms with Gasteiger partial charge in [-0.3, -0.25) is 4.79 Å². The number of β-amino-alcohol motifs (C(OH)–C–C–N with tert-alkyl or cyclic N) is 1. The van der Waals surface area contributed by atoms with E-state index >= 15 is 0 Å². The number of aliphatic hydroxyl groups is 1. The Hall–Kier alpha value is -2.12. The van der Waals surface area contributed by atoms with E-state index in [1.807, 2.05) is 44.2 Å². The molecule has 1 heterocycles. The predicted octanol–water partition coefficient (Wildman–Crippen LogP) is 1.17. The minimum Gasteiger partial charge on any atom is -0.445 e. The Kier molecular flexibility index (Phi) is 7.87. The molecule has 2 unspecified atom stereocenters. The maximum Gasteiger partial charge on any atom is 0.408 e. The van der Waals surface area contributed by atoms with Crippen molar-refractivity contribution in [3.8, 4) is 0 Å². The zero-order valence-corrected chi connectivity index (χ0v) is 15.4. The molecule has 1 fully saturated rings. The number of nitrogens with one attached hydrogen (secondary N) is 3. The quantitative estimate of drug-likeness (QED) is 0.583. The summed E-state index contributed by atoms with van der Waals surface area (Å²) in [6.07, 6.45) is -0.106. The molecule has 0 saturated carbocycles. The van der Waals surface area contributed by atoms with Crippen LogP contribution in [0.25, 0.3) is 0 Å². The molecule has 0 radical (unpaired) electrons. The van der Waals surface area contributed by atoms with Crippen LogP contribution in [-0.4, -0.2) is 48.4 Å². The lowest BCUT2D eigenvalue weighted by Crippen LogP contribution is -2.57. The summed E-state index contributed by atoms with van der Waals surface area (Å²) < 4.78 is 5.21. The highest BCUT2D eigenvalue weighted by atomic mass is 16.5. The summed E-state index contributed by atoms with van der Waals surface area (Å²) in [6.45, 7) is 5.30. The van der Waals surface area contributed by atoms with Gasteiger partial charge in [0.15, 0.2) is 0 Å². The van der Waals surface area contributed by atoms with Gasteiger partial charge < -0.3 is 25.8 Å². The van der Waals surface area contributed by atoms with E-state index in [-0.39, 0.29) is 24.5 Å². The molecule has 3 atom stereocenters. The van der Waals surface area contributed by atoms with Gasteiger partial charge in [0.25, 0.3) is 0 Å². The zero-order chi connectivity index (χ0) is 18.9. The van der Waals surface area contributed by atoms with E-state index in [1.165, 1.54) is 0 Å². The second kappa shape index (κ2) is 10.1. The highest BCUT2D eigenvalue weighted by Gasteiger charge is 2.29. The van der Waals surface area contributed by atoms with Gasteiger partial charge in [0, 0.05) is 6.54 Å². The number of aliphatic hydroxyl groups excluding tert-OH is 1. The number of rotatable bonds is 7. The Balaban J connectivity index is 1.88. The molecule has 2 amide bonds. The topological polar surface area (TPSA) is 99.7 Å². The average molecular weight is 363 g/mol. The second-order valence-corrected chi connectivity index (χ2v) is 7.06. The van der Waals surface area contributed by atoms with Gasteiger partial charge in [-0.2, -0.15) is 0 Å². The number of amides is 2. The molecular weight excluding hydrogens is 334 g/mol. The first kappa shape index (κ1) is 20.2. The first-order valence-electron chi connectivity index (χ1n) is 9.12. The monoisotopic (exact) mass is 363 g/mol. The van der Waals surface area contributed by atoms with Crippen molar-refractivity contribution in [2.24, 2.45) is 5.92 Å². The summed E-state index contributed by atoms with van der Waals surface area (Å²) in [4.78, 5) is 24.7. The first-order valence-corrected chi connectivity index (χ1v) is 9.12. The van der Waals surface area contributed by atoms with Gasteiger partial charge in [-0.15, -0.1) is 0 Å². The highest BCUT2D eigenvalue weighted by molar-refractivity contribution is 5.85. The maximum atomic E-state index is 12.6. The van der Waals surface area contributed by atoms with Crippen LogP contribution in [0.2, 0.25) is 0 Å². The Morgan fingerprint density at radius 3 is 2.69 bits per heavy atom. The van der Waals surface area contributed by atoms with Gasteiger partial charge >= 0.3 is 6.09 Å². The van der Waals surface area contributed by atoms with Crippen molar-refractivity contribution < 1.29 is 19.4 Å². The molecule has 1 aliphatic rings. The van der Waals surface area contributed by atoms with E-state index in [0.717, 1.165) is 12.1 Å². The fraction of sp³-hybridized carbons (Fsp3) is 0.579. The number of carbonyl (C=O) groups excluding carboxylic acids is 2. The lowest BCUT2D eigenvalue weighted by molar-refractivity contribution is -0.125. The van der Waals surface area contributed by atoms with E-state index < -0.39 is 18.2 Å². The van der Waals surface area contributed by atoms with Gasteiger partial charge in [0.05, 0.1) is 12.1 Å². The molecule has 1 aromatic rings. The van der Waals surface area contributed by atoms with Gasteiger partial charge in [-0.1, -0.05) is 44.2 Å². The number of carbonyl (C=O) groups is 2. The number of hydrogen-bond acceptors (Lipinski definition) is 5. The molecular formula is C19H29N3O4. The van der Waals surface area contributed by atoms with Crippen molar-refractivity contribution in [1.82, 2.24) is 16.0 Å². The SMILES string of the molecule is CC(C)C[C@H](NC(=O)OCc1ccccc1)C(=O)NC1CCNCC1O. The summed E-state index contributed by atoms with van der Waals surface area (Å²) in [7, 11) is 0. The Morgan fingerprint density at radius 1 is 1.31 bits per heavy atom. The third kappa shape index (κ3) is 6.65. The first-order chi connectivity index (χ1) is 12.5. The molecule has 0 bridgehead atoms. The third-order valence-electron chi connectivity index (χ3n) is 4.31. The third-order valence-corrected chi connectivity index (χ3v) is 4.31. The zero-order valence-electron chi connectivity index (χ0n) is 15.4. The van der Waals surface area contributed by atoms with Crippen LogP contribution in [0.3, 0.4) is 0 Å². The van der Waals surface area contributed by atoms with Crippen LogP contribution in [0, 0.1) is 5.92 Å². The van der Waals surface area contributed by atoms with E-state index in [1.54, 1.807) is 0 Å². The molecule has 0 aromatic heterocycles. The number of benzene rings is 1. The molecule has 1 saturated heterocycles. The summed E-state index contributed by atoms with van der Waals surface area (Å²) in [5, 5.41) is 18.6. The number of hydrogen-bond donors (Lipinski definition) is 4. The van der Waals surface area contributed by atoms with Gasteiger partial charge in [-0.25, -0.2) is 4.79 Å². The Labute approximate surface area is 154 Å². The van der Waals surface area contributed by atoms with Crippen LogP contribution in [-0.2, 0) is 16.1 Å². The largest absolute Gasteiger partial charge is 0.445 e. The summed E-state index contributed by atoms with van der Waals surface area (Å²) in [5.74, 6) is -0.0700. The van der Waals surface area contributed by atoms with Crippen LogP contribution in [0.1, 0.15) is 32.3 Å². The van der Waals surface area contributed by atoms with E-state index in [0.29, 0.717) is 19.4 Å². The van der Waals surface area contributed by atoms with Crippen LogP contribution in [0.15, 0.2) is 30.3 Å². The van der Waals surface area contributed by atoms with Crippen molar-refractivity contribution in [3.63, 3.8) is 0 Å². The Bertz CT molecular complexity index is 579. The molecule has 1 aromatic carbocycles. The van der Waals surface area contributed by atoms with Gasteiger partial charge in [-0.05, 0) is 30.9 Å². The highest BCUT2D eigenvalue weighted by Crippen LogP contribution is 2.09. The molecule has 144 valence electrons. The summed E-state index contributed by atoms with van der Waals surface area (Å²) in [6, 6.07) is 8.36. The van der Waals surface area contributed by atoms with E-state index in [2.05, 4.69) is 16.0 Å². The van der Waals surface area contributed by atoms with Gasteiger partial charge in [0.2, 0.25) is 5.91 Å². The molecule has 26 heavy (non-hydrogen) atoms. The van der Waals surface area contributed by atoms with Crippen molar-refractivity contribution >= 4 is 12.0 Å².